The second-order valence-corrected chi connectivity index (χ2v) is 5.73. The van der Waals surface area contributed by atoms with Crippen LogP contribution in [0.25, 0.3) is 4.96 Å². The number of ether oxygens (including phenoxy) is 2. The summed E-state index contributed by atoms with van der Waals surface area (Å²) in [7, 11) is 1.32. The number of fused-ring (bicyclic) bond motifs is 1. The van der Waals surface area contributed by atoms with Gasteiger partial charge in [0.15, 0.2) is 4.96 Å². The summed E-state index contributed by atoms with van der Waals surface area (Å²) in [6, 6.07) is 8.12. The van der Waals surface area contributed by atoms with E-state index in [1.807, 2.05) is 12.3 Å². The molecule has 0 saturated heterocycles. The summed E-state index contributed by atoms with van der Waals surface area (Å²) in [5, 5.41) is 1.88. The average molecular weight is 330 g/mol. The van der Waals surface area contributed by atoms with Crippen LogP contribution in [0.2, 0.25) is 0 Å². The van der Waals surface area contributed by atoms with Crippen molar-refractivity contribution < 1.29 is 14.3 Å². The number of methoxy groups -OCH3 is 1. The highest BCUT2D eigenvalue weighted by atomic mass is 32.1. The molecule has 0 aliphatic heterocycles. The number of benzene rings is 1. The monoisotopic (exact) mass is 330 g/mol. The smallest absolute Gasteiger partial charge is 0.337 e. The summed E-state index contributed by atoms with van der Waals surface area (Å²) in [5.74, 6) is 0.0829. The second kappa shape index (κ2) is 6.21. The minimum absolute atomic E-state index is 0.129. The van der Waals surface area contributed by atoms with E-state index in [2.05, 4.69) is 9.72 Å². The van der Waals surface area contributed by atoms with Crippen molar-refractivity contribution in [2.45, 2.75) is 13.5 Å². The summed E-state index contributed by atoms with van der Waals surface area (Å²) in [4.78, 5) is 28.6. The number of carbonyl (C=O) groups is 1. The molecule has 6 nitrogen and oxygen atoms in total. The van der Waals surface area contributed by atoms with Crippen LogP contribution in [0, 0.1) is 6.92 Å². The molecule has 7 heteroatoms. The van der Waals surface area contributed by atoms with Crippen LogP contribution in [0.1, 0.15) is 21.7 Å². The fourth-order valence-corrected chi connectivity index (χ4v) is 3.05. The topological polar surface area (TPSA) is 69.9 Å². The highest BCUT2D eigenvalue weighted by Crippen LogP contribution is 2.16. The standard InChI is InChI=1S/C16H14N2O4S/c1-10-9-23-16-17-12(7-14(19)18(10)16)8-22-13-5-3-4-11(6-13)15(20)21-2/h3-7,9H,8H2,1-2H3. The molecule has 2 heterocycles. The predicted octanol–water partition coefficient (Wildman–Crippen LogP) is 2.43. The van der Waals surface area contributed by atoms with Gasteiger partial charge in [0, 0.05) is 17.1 Å². The van der Waals surface area contributed by atoms with Gasteiger partial charge in [0.25, 0.3) is 5.56 Å². The molecular weight excluding hydrogens is 316 g/mol. The van der Waals surface area contributed by atoms with E-state index in [0.29, 0.717) is 22.0 Å². The minimum atomic E-state index is -0.428. The van der Waals surface area contributed by atoms with Gasteiger partial charge in [0.2, 0.25) is 0 Å². The van der Waals surface area contributed by atoms with E-state index in [1.165, 1.54) is 24.5 Å². The maximum absolute atomic E-state index is 12.1. The zero-order valence-electron chi connectivity index (χ0n) is 12.6. The molecule has 1 aromatic carbocycles. The van der Waals surface area contributed by atoms with Crippen molar-refractivity contribution in [2.24, 2.45) is 0 Å². The Kier molecular flexibility index (Phi) is 4.12. The highest BCUT2D eigenvalue weighted by Gasteiger charge is 2.09. The van der Waals surface area contributed by atoms with E-state index < -0.39 is 5.97 Å². The van der Waals surface area contributed by atoms with Gasteiger partial charge < -0.3 is 9.47 Å². The number of hydrogen-bond acceptors (Lipinski definition) is 6. The Balaban J connectivity index is 1.81. The molecule has 0 unspecified atom stereocenters. The van der Waals surface area contributed by atoms with Crippen LogP contribution in [0.4, 0.5) is 0 Å². The summed E-state index contributed by atoms with van der Waals surface area (Å²) in [5.41, 5.74) is 1.68. The van der Waals surface area contributed by atoms with Crippen LogP contribution in [-0.4, -0.2) is 22.5 Å². The largest absolute Gasteiger partial charge is 0.487 e. The molecule has 0 saturated carbocycles. The van der Waals surface area contributed by atoms with Gasteiger partial charge >= 0.3 is 5.97 Å². The minimum Gasteiger partial charge on any atom is -0.487 e. The lowest BCUT2D eigenvalue weighted by Crippen LogP contribution is -2.16. The second-order valence-electron chi connectivity index (χ2n) is 4.89. The third-order valence-electron chi connectivity index (χ3n) is 3.27. The van der Waals surface area contributed by atoms with Gasteiger partial charge in [-0.2, -0.15) is 0 Å². The van der Waals surface area contributed by atoms with Crippen molar-refractivity contribution in [2.75, 3.05) is 7.11 Å². The first-order valence-electron chi connectivity index (χ1n) is 6.86. The molecule has 0 amide bonds. The Morgan fingerprint density at radius 1 is 1.35 bits per heavy atom. The van der Waals surface area contributed by atoms with Gasteiger partial charge in [-0.1, -0.05) is 6.07 Å². The molecule has 0 aliphatic rings. The van der Waals surface area contributed by atoms with Crippen molar-refractivity contribution in [3.63, 3.8) is 0 Å². The Morgan fingerprint density at radius 2 is 2.17 bits per heavy atom. The van der Waals surface area contributed by atoms with Gasteiger partial charge in [0.05, 0.1) is 18.4 Å². The molecule has 2 aromatic heterocycles. The first-order chi connectivity index (χ1) is 11.1. The van der Waals surface area contributed by atoms with Gasteiger partial charge in [-0.05, 0) is 25.1 Å². The van der Waals surface area contributed by atoms with Crippen LogP contribution < -0.4 is 10.3 Å². The van der Waals surface area contributed by atoms with E-state index in [0.717, 1.165) is 5.69 Å². The summed E-state index contributed by atoms with van der Waals surface area (Å²) >= 11 is 1.41. The molecule has 0 radical (unpaired) electrons. The lowest BCUT2D eigenvalue weighted by molar-refractivity contribution is 0.0600. The number of aryl methyl sites for hydroxylation is 1. The Labute approximate surface area is 135 Å². The maximum atomic E-state index is 12.1. The Bertz CT molecular complexity index is 929. The average Bonchev–Trinajstić information content (AvgIpc) is 2.94. The zero-order chi connectivity index (χ0) is 16.4. The number of hydrogen-bond donors (Lipinski definition) is 0. The van der Waals surface area contributed by atoms with Crippen molar-refractivity contribution >= 4 is 22.3 Å². The summed E-state index contributed by atoms with van der Waals surface area (Å²) in [6.45, 7) is 2.01. The summed E-state index contributed by atoms with van der Waals surface area (Å²) < 4.78 is 11.9. The van der Waals surface area contributed by atoms with Gasteiger partial charge in [-0.25, -0.2) is 9.78 Å². The van der Waals surface area contributed by atoms with Crippen molar-refractivity contribution in [1.82, 2.24) is 9.38 Å². The molecule has 0 bridgehead atoms. The zero-order valence-corrected chi connectivity index (χ0v) is 13.4. The van der Waals surface area contributed by atoms with Crippen LogP contribution in [-0.2, 0) is 11.3 Å². The van der Waals surface area contributed by atoms with Crippen LogP contribution in [0.3, 0.4) is 0 Å². The van der Waals surface area contributed by atoms with E-state index in [1.54, 1.807) is 28.7 Å². The number of thiazole rings is 1. The fraction of sp³-hybridized carbons (Fsp3) is 0.188. The third kappa shape index (κ3) is 3.09. The number of rotatable bonds is 4. The van der Waals surface area contributed by atoms with Gasteiger partial charge in [-0.3, -0.25) is 9.20 Å². The number of nitrogens with zero attached hydrogens (tertiary/aromatic N) is 2. The third-order valence-corrected chi connectivity index (χ3v) is 4.21. The summed E-state index contributed by atoms with van der Waals surface area (Å²) in [6.07, 6.45) is 0. The fourth-order valence-electron chi connectivity index (χ4n) is 2.16. The molecule has 0 aliphatic carbocycles. The lowest BCUT2D eigenvalue weighted by Gasteiger charge is -2.07. The molecule has 3 aromatic rings. The van der Waals surface area contributed by atoms with E-state index in [-0.39, 0.29) is 12.2 Å². The lowest BCUT2D eigenvalue weighted by atomic mass is 10.2. The maximum Gasteiger partial charge on any atom is 0.337 e. The first-order valence-corrected chi connectivity index (χ1v) is 7.74. The highest BCUT2D eigenvalue weighted by molar-refractivity contribution is 7.15. The molecular formula is C16H14N2O4S. The van der Waals surface area contributed by atoms with Crippen LogP contribution in [0.15, 0.2) is 40.5 Å². The number of esters is 1. The van der Waals surface area contributed by atoms with E-state index in [9.17, 15) is 9.59 Å². The molecule has 0 fully saturated rings. The molecule has 118 valence electrons. The van der Waals surface area contributed by atoms with Gasteiger partial charge in [0.1, 0.15) is 12.4 Å². The Morgan fingerprint density at radius 3 is 2.96 bits per heavy atom. The molecule has 0 atom stereocenters. The first kappa shape index (κ1) is 15.2. The SMILES string of the molecule is COC(=O)c1cccc(OCc2cc(=O)n3c(C)csc3n2)c1. The number of aromatic nitrogens is 2. The molecule has 23 heavy (non-hydrogen) atoms. The number of carbonyl (C=O) groups excluding carboxylic acids is 1. The van der Waals surface area contributed by atoms with Crippen molar-refractivity contribution in [1.29, 1.82) is 0 Å². The van der Waals surface area contributed by atoms with Crippen LogP contribution >= 0.6 is 11.3 Å². The quantitative estimate of drug-likeness (QED) is 0.687. The van der Waals surface area contributed by atoms with E-state index in [4.69, 9.17) is 4.74 Å². The van der Waals surface area contributed by atoms with Gasteiger partial charge in [-0.15, -0.1) is 11.3 Å². The van der Waals surface area contributed by atoms with Crippen LogP contribution in [0.5, 0.6) is 5.75 Å². The molecule has 0 N–H and O–H groups in total. The molecule has 0 spiro atoms. The predicted molar refractivity (Wildman–Crippen MR) is 86.2 cm³/mol. The van der Waals surface area contributed by atoms with Crippen molar-refractivity contribution in [3.8, 4) is 5.75 Å². The Hall–Kier alpha value is -2.67. The normalized spacial score (nSPS) is 10.7. The molecule has 3 rings (SSSR count). The van der Waals surface area contributed by atoms with E-state index >= 15 is 0 Å². The van der Waals surface area contributed by atoms with Crippen molar-refractivity contribution in [3.05, 3.63) is 63.0 Å².